The molecule has 9 heteroatoms. The minimum atomic E-state index is -4.23. The molecule has 0 saturated heterocycles. The number of hydrogen-bond acceptors (Lipinski definition) is 5. The molecule has 1 atom stereocenters. The number of benzene rings is 3. The highest BCUT2D eigenvalue weighted by atomic mass is 32.2. The molecule has 0 unspecified atom stereocenters. The fourth-order valence-corrected chi connectivity index (χ4v) is 5.68. The Hall–Kier alpha value is -4.03. The van der Waals surface area contributed by atoms with Crippen molar-refractivity contribution in [3.63, 3.8) is 0 Å². The first-order valence-corrected chi connectivity index (χ1v) is 13.2. The third-order valence-electron chi connectivity index (χ3n) is 6.13. The first-order valence-electron chi connectivity index (χ1n) is 11.8. The molecule has 0 heterocycles. The largest absolute Gasteiger partial charge is 0.481 e. The Morgan fingerprint density at radius 1 is 0.892 bits per heavy atom. The molecule has 3 aromatic carbocycles. The van der Waals surface area contributed by atoms with Crippen LogP contribution in [0.25, 0.3) is 10.8 Å². The first kappa shape index (κ1) is 27.6. The monoisotopic (exact) mass is 522 g/mol. The molecule has 3 aromatic rings. The second-order valence-corrected chi connectivity index (χ2v) is 10.9. The maximum absolute atomic E-state index is 13.7. The van der Waals surface area contributed by atoms with Crippen molar-refractivity contribution in [2.45, 2.75) is 44.0 Å². The lowest BCUT2D eigenvalue weighted by Gasteiger charge is -2.31. The second-order valence-electron chi connectivity index (χ2n) is 9.06. The highest BCUT2D eigenvalue weighted by molar-refractivity contribution is 7.92. The minimum absolute atomic E-state index is 0.0182. The molecule has 0 fully saturated rings. The topological polar surface area (TPSA) is 115 Å². The molecule has 0 saturated carbocycles. The van der Waals surface area contributed by atoms with Crippen molar-refractivity contribution in [2.75, 3.05) is 22.3 Å². The van der Waals surface area contributed by atoms with Crippen LogP contribution in [0.4, 0.5) is 11.4 Å². The molecule has 37 heavy (non-hydrogen) atoms. The Bertz CT molecular complexity index is 1440. The van der Waals surface area contributed by atoms with Crippen molar-refractivity contribution in [3.8, 4) is 12.3 Å². The molecule has 0 amide bonds. The van der Waals surface area contributed by atoms with Gasteiger partial charge in [0.15, 0.2) is 0 Å². The molecule has 0 radical (unpaired) electrons. The van der Waals surface area contributed by atoms with Gasteiger partial charge in [-0.15, -0.1) is 6.42 Å². The number of carboxylic acids is 2. The van der Waals surface area contributed by atoms with Gasteiger partial charge in [0.05, 0.1) is 23.5 Å². The number of aliphatic carboxylic acids is 2. The predicted molar refractivity (Wildman–Crippen MR) is 145 cm³/mol. The summed E-state index contributed by atoms with van der Waals surface area (Å²) in [6.07, 6.45) is 5.42. The molecule has 0 bridgehead atoms. The van der Waals surface area contributed by atoms with Crippen LogP contribution in [0.1, 0.15) is 38.7 Å². The minimum Gasteiger partial charge on any atom is -0.481 e. The van der Waals surface area contributed by atoms with Crippen molar-refractivity contribution in [3.05, 3.63) is 66.2 Å². The van der Waals surface area contributed by atoms with Crippen LogP contribution in [0.3, 0.4) is 0 Å². The summed E-state index contributed by atoms with van der Waals surface area (Å²) >= 11 is 0. The number of anilines is 2. The van der Waals surface area contributed by atoms with Crippen molar-refractivity contribution in [2.24, 2.45) is 0 Å². The zero-order valence-electron chi connectivity index (χ0n) is 21.0. The molecule has 3 rings (SSSR count). The molecule has 2 N–H and O–H groups in total. The smallest absolute Gasteiger partial charge is 0.324 e. The number of fused-ring (bicyclic) bond motifs is 1. The normalized spacial score (nSPS) is 12.2. The highest BCUT2D eigenvalue weighted by Crippen LogP contribution is 2.37. The maximum Gasteiger partial charge on any atom is 0.324 e. The lowest BCUT2D eigenvalue weighted by Crippen LogP contribution is -2.37. The van der Waals surface area contributed by atoms with E-state index in [1.54, 1.807) is 54.3 Å². The van der Waals surface area contributed by atoms with Crippen molar-refractivity contribution in [1.29, 1.82) is 0 Å². The van der Waals surface area contributed by atoms with Gasteiger partial charge in [-0.3, -0.25) is 13.9 Å². The van der Waals surface area contributed by atoms with Gasteiger partial charge in [0.2, 0.25) is 0 Å². The van der Waals surface area contributed by atoms with Crippen LogP contribution in [-0.2, 0) is 19.6 Å². The van der Waals surface area contributed by atoms with Gasteiger partial charge in [0, 0.05) is 22.5 Å². The molecule has 194 valence electrons. The zero-order chi connectivity index (χ0) is 27.3. The maximum atomic E-state index is 13.7. The average Bonchev–Trinajstić information content (AvgIpc) is 2.85. The van der Waals surface area contributed by atoms with Gasteiger partial charge in [-0.25, -0.2) is 8.42 Å². The van der Waals surface area contributed by atoms with E-state index in [1.165, 1.54) is 18.2 Å². The number of sulfonamides is 1. The van der Waals surface area contributed by atoms with Crippen molar-refractivity contribution < 1.29 is 28.2 Å². The van der Waals surface area contributed by atoms with E-state index in [4.69, 9.17) is 6.42 Å². The van der Waals surface area contributed by atoms with E-state index in [0.29, 0.717) is 16.5 Å². The standard InChI is InChI=1S/C28H30N2O6S/c1-5-16-29(20(4)17-27(31)32)25-14-15-26(24-9-7-6-8-23(24)25)30(18-28(33)34)37(35,36)22-12-10-21(11-13-22)19(2)3/h1,6-15,19-20H,16-18H2,2-4H3,(H,31,32)(H,33,34)/t20-/m0/s1. The average molecular weight is 523 g/mol. The van der Waals surface area contributed by atoms with Crippen LogP contribution in [0.5, 0.6) is 0 Å². The van der Waals surface area contributed by atoms with Crippen LogP contribution < -0.4 is 9.21 Å². The van der Waals surface area contributed by atoms with Crippen LogP contribution in [0.2, 0.25) is 0 Å². The van der Waals surface area contributed by atoms with Crippen LogP contribution in [0.15, 0.2) is 65.6 Å². The Morgan fingerprint density at radius 3 is 1.97 bits per heavy atom. The summed E-state index contributed by atoms with van der Waals surface area (Å²) in [5.41, 5.74) is 1.78. The summed E-state index contributed by atoms with van der Waals surface area (Å²) in [5, 5.41) is 20.0. The van der Waals surface area contributed by atoms with E-state index in [1.807, 2.05) is 13.8 Å². The molecule has 0 aliphatic heterocycles. The van der Waals surface area contributed by atoms with E-state index in [2.05, 4.69) is 5.92 Å². The number of nitrogens with zero attached hydrogens (tertiary/aromatic N) is 2. The number of terminal acetylenes is 1. The SMILES string of the molecule is C#CCN(c1ccc(N(CC(=O)O)S(=O)(=O)c2ccc(C(C)C)cc2)c2ccccc12)[C@@H](C)CC(=O)O. The Balaban J connectivity index is 2.20. The fourth-order valence-electron chi connectivity index (χ4n) is 4.25. The van der Waals surface area contributed by atoms with E-state index in [-0.39, 0.29) is 29.5 Å². The van der Waals surface area contributed by atoms with Gasteiger partial charge in [-0.05, 0) is 42.7 Å². The van der Waals surface area contributed by atoms with Gasteiger partial charge in [0.1, 0.15) is 6.54 Å². The number of rotatable bonds is 11. The van der Waals surface area contributed by atoms with Crippen molar-refractivity contribution >= 4 is 44.1 Å². The number of carboxylic acid groups (broad SMARTS) is 2. The van der Waals surface area contributed by atoms with E-state index in [0.717, 1.165) is 9.87 Å². The molecule has 0 aromatic heterocycles. The molecule has 0 spiro atoms. The van der Waals surface area contributed by atoms with Gasteiger partial charge < -0.3 is 15.1 Å². The first-order chi connectivity index (χ1) is 17.5. The molecule has 0 aliphatic rings. The third-order valence-corrected chi connectivity index (χ3v) is 7.91. The summed E-state index contributed by atoms with van der Waals surface area (Å²) < 4.78 is 28.3. The molecule has 8 nitrogen and oxygen atoms in total. The number of hydrogen-bond donors (Lipinski definition) is 2. The fraction of sp³-hybridized carbons (Fsp3) is 0.286. The van der Waals surface area contributed by atoms with Gasteiger partial charge in [-0.2, -0.15) is 0 Å². The van der Waals surface area contributed by atoms with E-state index >= 15 is 0 Å². The van der Waals surface area contributed by atoms with Gasteiger partial charge >= 0.3 is 11.9 Å². The van der Waals surface area contributed by atoms with Crippen LogP contribution in [-0.4, -0.2) is 49.7 Å². The molecule has 0 aliphatic carbocycles. The van der Waals surface area contributed by atoms with Crippen LogP contribution >= 0.6 is 0 Å². The third kappa shape index (κ3) is 6.04. The molecular formula is C28H30N2O6S. The Kier molecular flexibility index (Phi) is 8.46. The Morgan fingerprint density at radius 2 is 1.46 bits per heavy atom. The Labute approximate surface area is 217 Å². The number of carbonyl (C=O) groups is 2. The van der Waals surface area contributed by atoms with E-state index in [9.17, 15) is 28.2 Å². The second kappa shape index (κ2) is 11.4. The highest BCUT2D eigenvalue weighted by Gasteiger charge is 2.29. The zero-order valence-corrected chi connectivity index (χ0v) is 21.8. The van der Waals surface area contributed by atoms with Gasteiger partial charge in [-0.1, -0.05) is 56.2 Å². The summed E-state index contributed by atoms with van der Waals surface area (Å²) in [6.45, 7) is 5.10. The lowest BCUT2D eigenvalue weighted by atomic mass is 10.0. The predicted octanol–water partition coefficient (Wildman–Crippen LogP) is 4.55. The summed E-state index contributed by atoms with van der Waals surface area (Å²) in [4.78, 5) is 24.9. The van der Waals surface area contributed by atoms with Crippen molar-refractivity contribution in [1.82, 2.24) is 0 Å². The van der Waals surface area contributed by atoms with E-state index < -0.39 is 34.5 Å². The summed E-state index contributed by atoms with van der Waals surface area (Å²) in [7, 11) is -4.23. The summed E-state index contributed by atoms with van der Waals surface area (Å²) in [6, 6.07) is 16.1. The van der Waals surface area contributed by atoms with Gasteiger partial charge in [0.25, 0.3) is 10.0 Å². The summed E-state index contributed by atoms with van der Waals surface area (Å²) in [5.74, 6) is 0.482. The lowest BCUT2D eigenvalue weighted by molar-refractivity contribution is -0.137. The molecular weight excluding hydrogens is 492 g/mol. The van der Waals surface area contributed by atoms with Crippen LogP contribution in [0, 0.1) is 12.3 Å². The quantitative estimate of drug-likeness (QED) is 0.355.